The molecule has 0 saturated heterocycles. The molecule has 0 fully saturated rings. The molecule has 0 unspecified atom stereocenters. The van der Waals surface area contributed by atoms with E-state index in [2.05, 4.69) is 25.4 Å². The van der Waals surface area contributed by atoms with Crippen molar-refractivity contribution < 1.29 is 9.21 Å². The Hall–Kier alpha value is -2.77. The SMILES string of the molecule is CC(=O)Nc1cc2nc(C(C)C)nn2c(-c2cnco2)n1. The van der Waals surface area contributed by atoms with Gasteiger partial charge in [-0.15, -0.1) is 5.10 Å². The first kappa shape index (κ1) is 13.2. The predicted octanol–water partition coefficient (Wildman–Crippen LogP) is 1.86. The zero-order valence-corrected chi connectivity index (χ0v) is 11.9. The molecule has 3 aromatic heterocycles. The first-order chi connectivity index (χ1) is 10.0. The molecule has 0 bridgehead atoms. The fourth-order valence-electron chi connectivity index (χ4n) is 1.88. The van der Waals surface area contributed by atoms with Crippen LogP contribution in [0.2, 0.25) is 0 Å². The molecule has 1 amide bonds. The third kappa shape index (κ3) is 2.47. The summed E-state index contributed by atoms with van der Waals surface area (Å²) in [5, 5.41) is 7.08. The summed E-state index contributed by atoms with van der Waals surface area (Å²) in [6, 6.07) is 1.67. The normalized spacial score (nSPS) is 11.2. The lowest BCUT2D eigenvalue weighted by molar-refractivity contribution is -0.114. The molecule has 0 aliphatic rings. The van der Waals surface area contributed by atoms with E-state index in [9.17, 15) is 4.79 Å². The van der Waals surface area contributed by atoms with E-state index < -0.39 is 0 Å². The summed E-state index contributed by atoms with van der Waals surface area (Å²) in [5.41, 5.74) is 0.587. The number of oxazole rings is 1. The van der Waals surface area contributed by atoms with E-state index in [1.165, 1.54) is 19.5 Å². The molecule has 0 radical (unpaired) electrons. The quantitative estimate of drug-likeness (QED) is 0.789. The van der Waals surface area contributed by atoms with Gasteiger partial charge in [-0.2, -0.15) is 4.52 Å². The highest BCUT2D eigenvalue weighted by atomic mass is 16.3. The van der Waals surface area contributed by atoms with Crippen LogP contribution in [-0.4, -0.2) is 30.5 Å². The Morgan fingerprint density at radius 1 is 1.38 bits per heavy atom. The maximum Gasteiger partial charge on any atom is 0.222 e. The standard InChI is InChI=1S/C13H14N6O2/c1-7(2)12-17-11-4-10(15-8(3)20)16-13(19(11)18-12)9-5-14-6-21-9/h4-7H,1-3H3,(H,15,20). The number of carbonyl (C=O) groups is 1. The largest absolute Gasteiger partial charge is 0.440 e. The molecule has 1 N–H and O–H groups in total. The molecule has 0 aliphatic carbocycles. The van der Waals surface area contributed by atoms with Crippen molar-refractivity contribution in [3.05, 3.63) is 24.5 Å². The summed E-state index contributed by atoms with van der Waals surface area (Å²) in [5.74, 6) is 1.94. The van der Waals surface area contributed by atoms with Crippen LogP contribution in [0, 0.1) is 0 Å². The Morgan fingerprint density at radius 3 is 2.81 bits per heavy atom. The van der Waals surface area contributed by atoms with Gasteiger partial charge in [0.05, 0.1) is 6.20 Å². The van der Waals surface area contributed by atoms with E-state index in [4.69, 9.17) is 4.42 Å². The molecular formula is C13H14N6O2. The highest BCUT2D eigenvalue weighted by Crippen LogP contribution is 2.22. The van der Waals surface area contributed by atoms with E-state index in [0.717, 1.165) is 0 Å². The molecule has 8 heteroatoms. The Bertz CT molecular complexity index is 790. The zero-order chi connectivity index (χ0) is 15.0. The molecule has 0 aliphatic heterocycles. The minimum absolute atomic E-state index is 0.177. The highest BCUT2D eigenvalue weighted by Gasteiger charge is 2.16. The molecule has 108 valence electrons. The van der Waals surface area contributed by atoms with E-state index in [1.807, 2.05) is 13.8 Å². The lowest BCUT2D eigenvalue weighted by Crippen LogP contribution is -2.09. The van der Waals surface area contributed by atoms with Gasteiger partial charge in [-0.25, -0.2) is 15.0 Å². The first-order valence-electron chi connectivity index (χ1n) is 6.48. The second-order valence-electron chi connectivity index (χ2n) is 4.91. The molecule has 0 atom stereocenters. The molecule has 0 spiro atoms. The number of anilines is 1. The van der Waals surface area contributed by atoms with Gasteiger partial charge in [0.25, 0.3) is 0 Å². The van der Waals surface area contributed by atoms with Crippen molar-refractivity contribution in [3.8, 4) is 11.6 Å². The summed E-state index contributed by atoms with van der Waals surface area (Å²) >= 11 is 0. The molecular weight excluding hydrogens is 272 g/mol. The van der Waals surface area contributed by atoms with Crippen LogP contribution < -0.4 is 5.32 Å². The van der Waals surface area contributed by atoms with E-state index in [1.54, 1.807) is 10.6 Å². The smallest absolute Gasteiger partial charge is 0.222 e. The number of aromatic nitrogens is 5. The van der Waals surface area contributed by atoms with Crippen molar-refractivity contribution in [1.29, 1.82) is 0 Å². The second kappa shape index (κ2) is 4.97. The van der Waals surface area contributed by atoms with Gasteiger partial charge in [0.15, 0.2) is 23.6 Å². The zero-order valence-electron chi connectivity index (χ0n) is 11.9. The van der Waals surface area contributed by atoms with Crippen LogP contribution in [-0.2, 0) is 4.79 Å². The average Bonchev–Trinajstić information content (AvgIpc) is 3.06. The monoisotopic (exact) mass is 286 g/mol. The van der Waals surface area contributed by atoms with Crippen LogP contribution in [0.15, 0.2) is 23.1 Å². The number of amides is 1. The van der Waals surface area contributed by atoms with Crippen LogP contribution in [0.25, 0.3) is 17.2 Å². The second-order valence-corrected chi connectivity index (χ2v) is 4.91. The highest BCUT2D eigenvalue weighted by molar-refractivity contribution is 5.88. The predicted molar refractivity (Wildman–Crippen MR) is 74.7 cm³/mol. The van der Waals surface area contributed by atoms with Crippen molar-refractivity contribution in [2.75, 3.05) is 5.32 Å². The number of hydrogen-bond acceptors (Lipinski definition) is 6. The van der Waals surface area contributed by atoms with E-state index in [-0.39, 0.29) is 11.8 Å². The van der Waals surface area contributed by atoms with Crippen molar-refractivity contribution in [2.45, 2.75) is 26.7 Å². The fourth-order valence-corrected chi connectivity index (χ4v) is 1.88. The maximum absolute atomic E-state index is 11.2. The van der Waals surface area contributed by atoms with Crippen LogP contribution in [0.5, 0.6) is 0 Å². The average molecular weight is 286 g/mol. The molecule has 3 rings (SSSR count). The van der Waals surface area contributed by atoms with Crippen LogP contribution in [0.1, 0.15) is 32.5 Å². The fraction of sp³-hybridized carbons (Fsp3) is 0.308. The van der Waals surface area contributed by atoms with Gasteiger partial charge >= 0.3 is 0 Å². The van der Waals surface area contributed by atoms with Gasteiger partial charge in [-0.05, 0) is 0 Å². The number of hydrogen-bond donors (Lipinski definition) is 1. The van der Waals surface area contributed by atoms with Gasteiger partial charge in [0, 0.05) is 18.9 Å². The Kier molecular flexibility index (Phi) is 3.13. The van der Waals surface area contributed by atoms with Crippen molar-refractivity contribution >= 4 is 17.4 Å². The molecule has 0 saturated carbocycles. The number of nitrogens with zero attached hydrogens (tertiary/aromatic N) is 5. The van der Waals surface area contributed by atoms with Crippen LogP contribution in [0.4, 0.5) is 5.82 Å². The Labute approximate surface area is 120 Å². The minimum Gasteiger partial charge on any atom is -0.440 e. The number of fused-ring (bicyclic) bond motifs is 1. The van der Waals surface area contributed by atoms with Crippen LogP contribution >= 0.6 is 0 Å². The molecule has 8 nitrogen and oxygen atoms in total. The van der Waals surface area contributed by atoms with Gasteiger partial charge in [0.2, 0.25) is 11.7 Å². The van der Waals surface area contributed by atoms with Gasteiger partial charge in [0.1, 0.15) is 5.82 Å². The van der Waals surface area contributed by atoms with Crippen molar-refractivity contribution in [3.63, 3.8) is 0 Å². The summed E-state index contributed by atoms with van der Waals surface area (Å²) in [4.78, 5) is 23.9. The molecule has 0 aromatic carbocycles. The van der Waals surface area contributed by atoms with Gasteiger partial charge in [-0.3, -0.25) is 4.79 Å². The molecule has 3 heterocycles. The Balaban J connectivity index is 2.23. The number of nitrogens with one attached hydrogen (secondary N) is 1. The lowest BCUT2D eigenvalue weighted by Gasteiger charge is -2.04. The minimum atomic E-state index is -0.209. The third-order valence-electron chi connectivity index (χ3n) is 2.81. The summed E-state index contributed by atoms with van der Waals surface area (Å²) in [7, 11) is 0. The van der Waals surface area contributed by atoms with Crippen molar-refractivity contribution in [1.82, 2.24) is 24.6 Å². The molecule has 3 aromatic rings. The summed E-state index contributed by atoms with van der Waals surface area (Å²) < 4.78 is 6.87. The summed E-state index contributed by atoms with van der Waals surface area (Å²) in [6.45, 7) is 5.43. The maximum atomic E-state index is 11.2. The van der Waals surface area contributed by atoms with Gasteiger partial charge in [-0.1, -0.05) is 13.8 Å². The third-order valence-corrected chi connectivity index (χ3v) is 2.81. The van der Waals surface area contributed by atoms with E-state index >= 15 is 0 Å². The first-order valence-corrected chi connectivity index (χ1v) is 6.48. The lowest BCUT2D eigenvalue weighted by atomic mass is 10.2. The van der Waals surface area contributed by atoms with Gasteiger partial charge < -0.3 is 9.73 Å². The number of carbonyl (C=O) groups excluding carboxylic acids is 1. The molecule has 21 heavy (non-hydrogen) atoms. The van der Waals surface area contributed by atoms with Crippen molar-refractivity contribution in [2.24, 2.45) is 0 Å². The topological polar surface area (TPSA) is 98.2 Å². The van der Waals surface area contributed by atoms with Crippen LogP contribution in [0.3, 0.4) is 0 Å². The number of rotatable bonds is 3. The van der Waals surface area contributed by atoms with E-state index in [0.29, 0.717) is 28.9 Å². The summed E-state index contributed by atoms with van der Waals surface area (Å²) in [6.07, 6.45) is 2.85. The Morgan fingerprint density at radius 2 is 2.19 bits per heavy atom.